The van der Waals surface area contributed by atoms with E-state index in [1.807, 2.05) is 49.4 Å². The Morgan fingerprint density at radius 1 is 0.970 bits per heavy atom. The lowest BCUT2D eigenvalue weighted by Crippen LogP contribution is -2.48. The number of amides is 2. The number of aryl methyl sites for hydroxylation is 2. The van der Waals surface area contributed by atoms with Crippen molar-refractivity contribution in [2.45, 2.75) is 32.7 Å². The molecule has 5 heteroatoms. The van der Waals surface area contributed by atoms with Gasteiger partial charge in [-0.3, -0.25) is 9.59 Å². The highest BCUT2D eigenvalue weighted by Gasteiger charge is 2.35. The van der Waals surface area contributed by atoms with E-state index in [0.717, 1.165) is 16.7 Å². The zero-order valence-electron chi connectivity index (χ0n) is 19.1. The molecule has 0 saturated carbocycles. The van der Waals surface area contributed by atoms with E-state index in [-0.39, 0.29) is 29.5 Å². The van der Waals surface area contributed by atoms with E-state index in [4.69, 9.17) is 0 Å². The third-order valence-electron chi connectivity index (χ3n) is 6.33. The lowest BCUT2D eigenvalue weighted by atomic mass is 9.83. The first-order valence-corrected chi connectivity index (χ1v) is 11.3. The highest BCUT2D eigenvalue weighted by molar-refractivity contribution is 5.94. The fraction of sp³-hybridized carbons (Fsp3) is 0.286. The summed E-state index contributed by atoms with van der Waals surface area (Å²) in [7, 11) is 0. The number of nitrogens with one attached hydrogen (secondary N) is 1. The second-order valence-corrected chi connectivity index (χ2v) is 8.92. The van der Waals surface area contributed by atoms with Crippen LogP contribution in [0.25, 0.3) is 0 Å². The number of carbonyl (C=O) groups excluding carboxylic acids is 2. The van der Waals surface area contributed by atoms with Crippen LogP contribution in [-0.2, 0) is 11.3 Å². The van der Waals surface area contributed by atoms with Gasteiger partial charge in [0.2, 0.25) is 5.91 Å². The van der Waals surface area contributed by atoms with Crippen LogP contribution in [0.5, 0.6) is 0 Å². The summed E-state index contributed by atoms with van der Waals surface area (Å²) in [6, 6.07) is 22.2. The van der Waals surface area contributed by atoms with Gasteiger partial charge in [-0.15, -0.1) is 0 Å². The molecule has 0 spiro atoms. The van der Waals surface area contributed by atoms with Crippen molar-refractivity contribution in [1.82, 2.24) is 10.2 Å². The van der Waals surface area contributed by atoms with E-state index in [1.54, 1.807) is 30.0 Å². The summed E-state index contributed by atoms with van der Waals surface area (Å²) in [4.78, 5) is 28.1. The van der Waals surface area contributed by atoms with E-state index >= 15 is 0 Å². The topological polar surface area (TPSA) is 49.4 Å². The summed E-state index contributed by atoms with van der Waals surface area (Å²) >= 11 is 0. The number of nitrogens with zero attached hydrogens (tertiary/aromatic N) is 1. The van der Waals surface area contributed by atoms with Crippen molar-refractivity contribution in [2.75, 3.05) is 13.1 Å². The standard InChI is InChI=1S/C28H29FN2O2/c1-19-7-6-8-21(13-19)16-30-27(32)25-15-24(23-11-12-26(29)20(2)14-23)17-31(18-25)28(33)22-9-4-3-5-10-22/h3-14,24-25H,15-18H2,1-2H3,(H,30,32)/t24-,25-/m1/s1. The minimum absolute atomic E-state index is 0.0413. The van der Waals surface area contributed by atoms with Crippen LogP contribution in [-0.4, -0.2) is 29.8 Å². The Bertz CT molecular complexity index is 1150. The van der Waals surface area contributed by atoms with Gasteiger partial charge in [0.25, 0.3) is 5.91 Å². The zero-order valence-corrected chi connectivity index (χ0v) is 19.1. The summed E-state index contributed by atoms with van der Waals surface area (Å²) in [6.07, 6.45) is 0.614. The fourth-order valence-electron chi connectivity index (χ4n) is 4.54. The van der Waals surface area contributed by atoms with Crippen molar-refractivity contribution in [1.29, 1.82) is 0 Å². The van der Waals surface area contributed by atoms with Gasteiger partial charge in [0.05, 0.1) is 5.92 Å². The first-order valence-electron chi connectivity index (χ1n) is 11.3. The highest BCUT2D eigenvalue weighted by Crippen LogP contribution is 2.32. The van der Waals surface area contributed by atoms with E-state index in [1.165, 1.54) is 6.07 Å². The Kier molecular flexibility index (Phi) is 6.87. The molecule has 3 aromatic carbocycles. The van der Waals surface area contributed by atoms with Crippen molar-refractivity contribution in [3.63, 3.8) is 0 Å². The Morgan fingerprint density at radius 2 is 1.76 bits per heavy atom. The van der Waals surface area contributed by atoms with Gasteiger partial charge in [0.15, 0.2) is 0 Å². The Labute approximate surface area is 194 Å². The summed E-state index contributed by atoms with van der Waals surface area (Å²) in [5.74, 6) is -0.784. The first kappa shape index (κ1) is 22.7. The SMILES string of the molecule is Cc1cccc(CNC(=O)[C@@H]2C[C@@H](c3ccc(F)c(C)c3)CN(C(=O)c3ccccc3)C2)c1. The molecule has 1 saturated heterocycles. The average molecular weight is 445 g/mol. The molecule has 33 heavy (non-hydrogen) atoms. The van der Waals surface area contributed by atoms with Crippen molar-refractivity contribution < 1.29 is 14.0 Å². The summed E-state index contributed by atoms with van der Waals surface area (Å²) in [5.41, 5.74) is 4.32. The third kappa shape index (κ3) is 5.48. The molecule has 1 heterocycles. The van der Waals surface area contributed by atoms with E-state index < -0.39 is 0 Å². The van der Waals surface area contributed by atoms with Crippen LogP contribution in [0.4, 0.5) is 4.39 Å². The molecule has 1 fully saturated rings. The number of hydrogen-bond acceptors (Lipinski definition) is 2. The third-order valence-corrected chi connectivity index (χ3v) is 6.33. The molecular weight excluding hydrogens is 415 g/mol. The van der Waals surface area contributed by atoms with Crippen molar-refractivity contribution >= 4 is 11.8 Å². The largest absolute Gasteiger partial charge is 0.352 e. The van der Waals surface area contributed by atoms with E-state index in [9.17, 15) is 14.0 Å². The van der Waals surface area contributed by atoms with Gasteiger partial charge < -0.3 is 10.2 Å². The summed E-state index contributed by atoms with van der Waals surface area (Å²) in [6.45, 7) is 5.07. The number of rotatable bonds is 5. The van der Waals surface area contributed by atoms with E-state index in [0.29, 0.717) is 37.2 Å². The maximum Gasteiger partial charge on any atom is 0.253 e. The average Bonchev–Trinajstić information content (AvgIpc) is 2.84. The minimum Gasteiger partial charge on any atom is -0.352 e. The predicted molar refractivity (Wildman–Crippen MR) is 127 cm³/mol. The van der Waals surface area contributed by atoms with Crippen molar-refractivity contribution in [2.24, 2.45) is 5.92 Å². The molecule has 0 bridgehead atoms. The maximum atomic E-state index is 13.9. The van der Waals surface area contributed by atoms with Crippen molar-refractivity contribution in [3.05, 3.63) is 106 Å². The normalized spacial score (nSPS) is 18.1. The Morgan fingerprint density at radius 3 is 2.48 bits per heavy atom. The number of halogens is 1. The smallest absolute Gasteiger partial charge is 0.253 e. The zero-order chi connectivity index (χ0) is 23.4. The number of hydrogen-bond donors (Lipinski definition) is 1. The Hall–Kier alpha value is -3.47. The molecule has 4 nitrogen and oxygen atoms in total. The van der Waals surface area contributed by atoms with Gasteiger partial charge in [-0.05, 0) is 55.2 Å². The van der Waals surface area contributed by atoms with Crippen molar-refractivity contribution in [3.8, 4) is 0 Å². The summed E-state index contributed by atoms with van der Waals surface area (Å²) < 4.78 is 13.9. The van der Waals surface area contributed by atoms with Crippen LogP contribution < -0.4 is 5.32 Å². The van der Waals surface area contributed by atoms with Crippen LogP contribution in [0.2, 0.25) is 0 Å². The first-order chi connectivity index (χ1) is 15.9. The Balaban J connectivity index is 1.55. The number of carbonyl (C=O) groups is 2. The molecule has 0 radical (unpaired) electrons. The molecule has 170 valence electrons. The second-order valence-electron chi connectivity index (χ2n) is 8.92. The van der Waals surface area contributed by atoms with Gasteiger partial charge in [-0.25, -0.2) is 4.39 Å². The van der Waals surface area contributed by atoms with Gasteiger partial charge in [-0.2, -0.15) is 0 Å². The lowest BCUT2D eigenvalue weighted by molar-refractivity contribution is -0.126. The van der Waals surface area contributed by atoms with Crippen LogP contribution in [0.3, 0.4) is 0 Å². The van der Waals surface area contributed by atoms with Crippen LogP contribution in [0, 0.1) is 25.6 Å². The van der Waals surface area contributed by atoms with Gasteiger partial charge in [0.1, 0.15) is 5.82 Å². The van der Waals surface area contributed by atoms with Gasteiger partial charge in [-0.1, -0.05) is 60.2 Å². The quantitative estimate of drug-likeness (QED) is 0.602. The molecule has 2 amide bonds. The molecule has 0 unspecified atom stereocenters. The monoisotopic (exact) mass is 444 g/mol. The van der Waals surface area contributed by atoms with Gasteiger partial charge in [0, 0.05) is 31.1 Å². The molecule has 1 N–H and O–H groups in total. The lowest BCUT2D eigenvalue weighted by Gasteiger charge is -2.37. The number of benzene rings is 3. The van der Waals surface area contributed by atoms with Gasteiger partial charge >= 0.3 is 0 Å². The number of likely N-dealkylation sites (tertiary alicyclic amines) is 1. The molecule has 3 aromatic rings. The maximum absolute atomic E-state index is 13.9. The molecule has 2 atom stereocenters. The molecular formula is C28H29FN2O2. The van der Waals surface area contributed by atoms with Crippen LogP contribution >= 0.6 is 0 Å². The molecule has 4 rings (SSSR count). The fourth-order valence-corrected chi connectivity index (χ4v) is 4.54. The number of piperidine rings is 1. The van der Waals surface area contributed by atoms with E-state index in [2.05, 4.69) is 11.4 Å². The molecule has 1 aliphatic rings. The minimum atomic E-state index is -0.341. The molecule has 0 aliphatic carbocycles. The summed E-state index contributed by atoms with van der Waals surface area (Å²) in [5, 5.41) is 3.05. The van der Waals surface area contributed by atoms with Crippen LogP contribution in [0.1, 0.15) is 45.0 Å². The molecule has 0 aromatic heterocycles. The highest BCUT2D eigenvalue weighted by atomic mass is 19.1. The second kappa shape index (κ2) is 9.99. The van der Waals surface area contributed by atoms with Crippen LogP contribution in [0.15, 0.2) is 72.8 Å². The predicted octanol–water partition coefficient (Wildman–Crippen LogP) is 5.00. The molecule has 1 aliphatic heterocycles.